The van der Waals surface area contributed by atoms with Crippen LogP contribution in [0.4, 0.5) is 9.18 Å². The minimum Gasteiger partial charge on any atom is -0.464 e. The minimum absolute atomic E-state index is 0.116. The summed E-state index contributed by atoms with van der Waals surface area (Å²) in [6.45, 7) is 4.68. The highest BCUT2D eigenvalue weighted by Gasteiger charge is 2.33. The molecule has 1 aliphatic rings. The van der Waals surface area contributed by atoms with Crippen LogP contribution in [0.2, 0.25) is 0 Å². The van der Waals surface area contributed by atoms with Gasteiger partial charge in [-0.15, -0.1) is 0 Å². The third-order valence-corrected chi connectivity index (χ3v) is 8.46. The molecule has 0 spiro atoms. The zero-order valence-electron chi connectivity index (χ0n) is 26.5. The number of halogens is 1. The van der Waals surface area contributed by atoms with Gasteiger partial charge in [0.1, 0.15) is 17.4 Å². The number of furan rings is 1. The molecule has 242 valence electrons. The minimum atomic E-state index is -0.818. The molecule has 4 aromatic carbocycles. The van der Waals surface area contributed by atoms with Gasteiger partial charge < -0.3 is 20.0 Å². The van der Waals surface area contributed by atoms with E-state index < -0.39 is 12.1 Å². The summed E-state index contributed by atoms with van der Waals surface area (Å²) >= 11 is 0. The van der Waals surface area contributed by atoms with Crippen molar-refractivity contribution in [2.24, 2.45) is 0 Å². The lowest BCUT2D eigenvalue weighted by atomic mass is 10.0. The van der Waals surface area contributed by atoms with Crippen molar-refractivity contribution in [2.45, 2.75) is 45.4 Å². The van der Waals surface area contributed by atoms with E-state index in [0.717, 1.165) is 38.4 Å². The highest BCUT2D eigenvalue weighted by atomic mass is 19.1. The molecule has 0 radical (unpaired) electrons. The number of rotatable bonds is 8. The maximum absolute atomic E-state index is 14.3. The molecule has 10 heteroatoms. The smallest absolute Gasteiger partial charge is 0.332 e. The molecule has 5 aromatic rings. The summed E-state index contributed by atoms with van der Waals surface area (Å²) in [5, 5.41) is 12.2. The Hall–Kier alpha value is -5.22. The predicted molar refractivity (Wildman–Crippen MR) is 178 cm³/mol. The molecule has 0 unspecified atom stereocenters. The number of carbonyl (C=O) groups is 3. The molecule has 9 nitrogen and oxygen atoms in total. The van der Waals surface area contributed by atoms with Crippen LogP contribution in [0, 0.1) is 5.82 Å². The maximum Gasteiger partial charge on any atom is 0.332 e. The molecule has 1 fully saturated rings. The van der Waals surface area contributed by atoms with Gasteiger partial charge in [-0.3, -0.25) is 14.6 Å². The van der Waals surface area contributed by atoms with Crippen molar-refractivity contribution in [1.29, 1.82) is 0 Å². The first-order valence-electron chi connectivity index (χ1n) is 15.8. The number of benzene rings is 4. The Bertz CT molecular complexity index is 1880. The number of urea groups is 1. The van der Waals surface area contributed by atoms with Crippen LogP contribution in [0.5, 0.6) is 0 Å². The van der Waals surface area contributed by atoms with E-state index in [1.165, 1.54) is 17.1 Å². The van der Waals surface area contributed by atoms with Gasteiger partial charge in [-0.2, -0.15) is 0 Å². The molecule has 1 aromatic heterocycles. The lowest BCUT2D eigenvalue weighted by Gasteiger charge is -2.37. The predicted octanol–water partition coefficient (Wildman–Crippen LogP) is 5.63. The van der Waals surface area contributed by atoms with E-state index >= 15 is 0 Å². The van der Waals surface area contributed by atoms with Crippen LogP contribution in [0.1, 0.15) is 30.5 Å². The molecule has 0 saturated carbocycles. The number of carbonyl (C=O) groups excluding carboxylic acids is 3. The van der Waals surface area contributed by atoms with Crippen molar-refractivity contribution in [2.75, 3.05) is 19.6 Å². The molecule has 1 aliphatic heterocycles. The van der Waals surface area contributed by atoms with Crippen LogP contribution in [0.3, 0.4) is 0 Å². The number of fused-ring (bicyclic) bond motifs is 2. The van der Waals surface area contributed by atoms with E-state index in [-0.39, 0.29) is 49.9 Å². The highest BCUT2D eigenvalue weighted by Crippen LogP contribution is 2.23. The lowest BCUT2D eigenvalue weighted by molar-refractivity contribution is -0.136. The fourth-order valence-electron chi connectivity index (χ4n) is 6.16. The SMILES string of the molecule is CC(C)N(C(=O)NCc1ccc(F)cc1)N1CCN(Cc2cccc3ccccc23)C(=O)[C@H](Cc2ccc3occc3c2)NC(=O)C1. The molecule has 6 rings (SSSR count). The Morgan fingerprint density at radius 2 is 1.72 bits per heavy atom. The normalized spacial score (nSPS) is 16.2. The number of hydrogen-bond acceptors (Lipinski definition) is 5. The summed E-state index contributed by atoms with van der Waals surface area (Å²) < 4.78 is 18.9. The van der Waals surface area contributed by atoms with Crippen LogP contribution in [0.15, 0.2) is 102 Å². The van der Waals surface area contributed by atoms with Gasteiger partial charge in [-0.05, 0) is 71.6 Å². The average molecular weight is 636 g/mol. The first kappa shape index (κ1) is 31.7. The molecule has 1 atom stereocenters. The zero-order valence-corrected chi connectivity index (χ0v) is 26.5. The van der Waals surface area contributed by atoms with E-state index in [1.807, 2.05) is 80.6 Å². The molecule has 0 bridgehead atoms. The van der Waals surface area contributed by atoms with E-state index in [9.17, 15) is 18.8 Å². The van der Waals surface area contributed by atoms with E-state index in [1.54, 1.807) is 28.3 Å². The van der Waals surface area contributed by atoms with Gasteiger partial charge in [0.15, 0.2) is 0 Å². The van der Waals surface area contributed by atoms with Crippen molar-refractivity contribution in [3.05, 3.63) is 120 Å². The first-order valence-corrected chi connectivity index (χ1v) is 15.8. The second-order valence-corrected chi connectivity index (χ2v) is 12.1. The molecular formula is C37H38FN5O4. The van der Waals surface area contributed by atoms with Crippen LogP contribution in [-0.2, 0) is 29.1 Å². The van der Waals surface area contributed by atoms with Crippen molar-refractivity contribution >= 4 is 39.6 Å². The molecule has 1 saturated heterocycles. The number of hydrogen-bond donors (Lipinski definition) is 2. The lowest BCUT2D eigenvalue weighted by Crippen LogP contribution is -2.57. The van der Waals surface area contributed by atoms with E-state index in [2.05, 4.69) is 10.6 Å². The fraction of sp³-hybridized carbons (Fsp3) is 0.270. The molecule has 0 aliphatic carbocycles. The average Bonchev–Trinajstić information content (AvgIpc) is 3.54. The topological polar surface area (TPSA) is 98.1 Å². The monoisotopic (exact) mass is 635 g/mol. The third-order valence-electron chi connectivity index (χ3n) is 8.46. The number of nitrogens with zero attached hydrogens (tertiary/aromatic N) is 3. The van der Waals surface area contributed by atoms with Crippen LogP contribution in [0.25, 0.3) is 21.7 Å². The van der Waals surface area contributed by atoms with Gasteiger partial charge in [0.05, 0.1) is 12.8 Å². The summed E-state index contributed by atoms with van der Waals surface area (Å²) in [5.74, 6) is -0.913. The highest BCUT2D eigenvalue weighted by molar-refractivity contribution is 5.90. The number of nitrogens with one attached hydrogen (secondary N) is 2. The Morgan fingerprint density at radius 1 is 0.957 bits per heavy atom. The summed E-state index contributed by atoms with van der Waals surface area (Å²) in [7, 11) is 0. The summed E-state index contributed by atoms with van der Waals surface area (Å²) in [6, 6.07) is 26.1. The quantitative estimate of drug-likeness (QED) is 0.230. The van der Waals surface area contributed by atoms with Crippen molar-refractivity contribution in [3.63, 3.8) is 0 Å². The Morgan fingerprint density at radius 3 is 2.53 bits per heavy atom. The van der Waals surface area contributed by atoms with Crippen LogP contribution >= 0.6 is 0 Å². The van der Waals surface area contributed by atoms with Gasteiger partial charge in [0.2, 0.25) is 11.8 Å². The van der Waals surface area contributed by atoms with Crippen molar-refractivity contribution in [3.8, 4) is 0 Å². The Kier molecular flexibility index (Phi) is 9.49. The summed E-state index contributed by atoms with van der Waals surface area (Å²) in [5.41, 5.74) is 3.37. The standard InChI is InChI=1S/C37H38FN5O4/c1-25(2)43(37(46)39-22-26-10-13-31(38)14-11-26)42-18-17-41(23-30-8-5-7-28-6-3-4-9-32(28)30)36(45)33(40-35(44)24-42)21-27-12-15-34-29(20-27)16-19-47-34/h3-16,19-20,25,33H,17-18,21-24H2,1-2H3,(H,39,46)(H,40,44)/t33-/m0/s1. The van der Waals surface area contributed by atoms with Gasteiger partial charge >= 0.3 is 6.03 Å². The molecular weight excluding hydrogens is 597 g/mol. The number of hydrazine groups is 1. The summed E-state index contributed by atoms with van der Waals surface area (Å²) in [6.07, 6.45) is 1.92. The van der Waals surface area contributed by atoms with Crippen LogP contribution < -0.4 is 10.6 Å². The molecule has 4 amide bonds. The first-order chi connectivity index (χ1) is 22.7. The second-order valence-electron chi connectivity index (χ2n) is 12.1. The molecule has 47 heavy (non-hydrogen) atoms. The van der Waals surface area contributed by atoms with Crippen LogP contribution in [-0.4, -0.2) is 64.5 Å². The Balaban J connectivity index is 1.28. The van der Waals surface area contributed by atoms with E-state index in [0.29, 0.717) is 13.0 Å². The van der Waals surface area contributed by atoms with Gasteiger partial charge in [0.25, 0.3) is 0 Å². The molecule has 2 heterocycles. The van der Waals surface area contributed by atoms with Crippen molar-refractivity contribution < 1.29 is 23.2 Å². The second kappa shape index (κ2) is 14.0. The van der Waals surface area contributed by atoms with Gasteiger partial charge in [0, 0.05) is 44.0 Å². The van der Waals surface area contributed by atoms with E-state index in [4.69, 9.17) is 4.42 Å². The Labute approximate surface area is 272 Å². The fourth-order valence-corrected chi connectivity index (χ4v) is 6.16. The largest absolute Gasteiger partial charge is 0.464 e. The third kappa shape index (κ3) is 7.44. The van der Waals surface area contributed by atoms with Crippen molar-refractivity contribution in [1.82, 2.24) is 25.6 Å². The number of amides is 4. The summed E-state index contributed by atoms with van der Waals surface area (Å²) in [4.78, 5) is 43.3. The van der Waals surface area contributed by atoms with Gasteiger partial charge in [-0.1, -0.05) is 60.7 Å². The van der Waals surface area contributed by atoms with Gasteiger partial charge in [-0.25, -0.2) is 14.2 Å². The zero-order chi connectivity index (χ0) is 32.9. The maximum atomic E-state index is 14.3. The molecule has 2 N–H and O–H groups in total.